The molecule has 3 aromatic carbocycles. The summed E-state index contributed by atoms with van der Waals surface area (Å²) in [5.41, 5.74) is 11.9. The van der Waals surface area contributed by atoms with E-state index >= 15 is 0 Å². The summed E-state index contributed by atoms with van der Waals surface area (Å²) in [4.78, 5) is 15.2. The molecule has 0 radical (unpaired) electrons. The van der Waals surface area contributed by atoms with Gasteiger partial charge in [-0.15, -0.1) is 0 Å². The van der Waals surface area contributed by atoms with Crippen LogP contribution in [0, 0.1) is 26.2 Å². The Morgan fingerprint density at radius 3 is 2.33 bits per heavy atom. The van der Waals surface area contributed by atoms with Gasteiger partial charge in [-0.3, -0.25) is 14.9 Å². The van der Waals surface area contributed by atoms with E-state index in [1.807, 2.05) is 57.2 Å². The number of carbonyl (C=O) groups excluding carboxylic acids is 1. The minimum absolute atomic E-state index is 0.0216. The second kappa shape index (κ2) is 10.1. The molecule has 1 heterocycles. The first-order valence-electron chi connectivity index (χ1n) is 12.0. The van der Waals surface area contributed by atoms with E-state index in [-0.39, 0.29) is 11.7 Å². The third kappa shape index (κ3) is 5.44. The number of nitrogens with zero attached hydrogens (tertiary/aromatic N) is 1. The number of amides is 1. The van der Waals surface area contributed by atoms with Gasteiger partial charge in [0.1, 0.15) is 5.84 Å². The summed E-state index contributed by atoms with van der Waals surface area (Å²) in [5.74, 6) is 0.0548. The Kier molecular flexibility index (Phi) is 7.17. The lowest BCUT2D eigenvalue weighted by molar-refractivity contribution is -0.118. The number of nitrogen functional groups attached to an aromatic ring is 1. The van der Waals surface area contributed by atoms with Crippen LogP contribution in [0.4, 0.5) is 11.4 Å². The van der Waals surface area contributed by atoms with E-state index in [0.717, 1.165) is 35.2 Å². The number of benzene rings is 3. The second-order valence-corrected chi connectivity index (χ2v) is 11.1. The molecular weight excluding hydrogens is 472 g/mol. The van der Waals surface area contributed by atoms with E-state index in [2.05, 4.69) is 4.72 Å². The number of aryl methyl sites for hydroxylation is 5. The first-order chi connectivity index (χ1) is 17.0. The van der Waals surface area contributed by atoms with Gasteiger partial charge >= 0.3 is 0 Å². The van der Waals surface area contributed by atoms with Gasteiger partial charge < -0.3 is 10.6 Å². The molecule has 1 amide bonds. The number of amidine groups is 1. The molecule has 4 rings (SSSR count). The fraction of sp³-hybridized carbons (Fsp3) is 0.286. The first-order valence-corrected chi connectivity index (χ1v) is 13.5. The monoisotopic (exact) mass is 504 g/mol. The van der Waals surface area contributed by atoms with Gasteiger partial charge in [0.15, 0.2) is 0 Å². The number of hydrogen-bond acceptors (Lipinski definition) is 4. The summed E-state index contributed by atoms with van der Waals surface area (Å²) in [5, 5.41) is 7.49. The van der Waals surface area contributed by atoms with Crippen LogP contribution >= 0.6 is 0 Å². The fourth-order valence-corrected chi connectivity index (χ4v) is 6.46. The van der Waals surface area contributed by atoms with Crippen LogP contribution in [-0.4, -0.2) is 26.7 Å². The van der Waals surface area contributed by atoms with Crippen molar-refractivity contribution in [1.29, 1.82) is 5.41 Å². The molecule has 36 heavy (non-hydrogen) atoms. The second-order valence-electron chi connectivity index (χ2n) is 9.44. The number of nitrogens with one attached hydrogen (secondary N) is 2. The van der Waals surface area contributed by atoms with E-state index in [1.54, 1.807) is 23.1 Å². The van der Waals surface area contributed by atoms with E-state index in [4.69, 9.17) is 11.1 Å². The average Bonchev–Trinajstić information content (AvgIpc) is 2.81. The van der Waals surface area contributed by atoms with Gasteiger partial charge in [-0.2, -0.15) is 0 Å². The molecule has 0 bridgehead atoms. The Balaban J connectivity index is 1.49. The zero-order chi connectivity index (χ0) is 26.0. The molecule has 0 spiro atoms. The smallest absolute Gasteiger partial charge is 0.262 e. The predicted molar refractivity (Wildman–Crippen MR) is 144 cm³/mol. The van der Waals surface area contributed by atoms with Crippen molar-refractivity contribution in [1.82, 2.24) is 0 Å². The normalized spacial score (nSPS) is 13.2. The molecule has 0 saturated carbocycles. The van der Waals surface area contributed by atoms with Crippen molar-refractivity contribution < 1.29 is 13.2 Å². The highest BCUT2D eigenvalue weighted by atomic mass is 32.2. The van der Waals surface area contributed by atoms with Crippen molar-refractivity contribution in [3.8, 4) is 0 Å². The summed E-state index contributed by atoms with van der Waals surface area (Å²) in [7, 11) is -3.75. The van der Waals surface area contributed by atoms with Crippen LogP contribution in [0.2, 0.25) is 0 Å². The van der Waals surface area contributed by atoms with Crippen molar-refractivity contribution in [2.24, 2.45) is 5.73 Å². The number of hydrogen-bond donors (Lipinski definition) is 3. The summed E-state index contributed by atoms with van der Waals surface area (Å²) < 4.78 is 29.1. The number of fused-ring (bicyclic) bond motifs is 1. The van der Waals surface area contributed by atoms with Gasteiger partial charge in [-0.05, 0) is 80.5 Å². The van der Waals surface area contributed by atoms with Crippen LogP contribution in [0.1, 0.15) is 46.2 Å². The molecule has 0 unspecified atom stereocenters. The molecule has 3 aromatic rings. The average molecular weight is 505 g/mol. The summed E-state index contributed by atoms with van der Waals surface area (Å²) in [6, 6.07) is 16.5. The Hall–Kier alpha value is -3.65. The molecular formula is C28H32N4O3S. The minimum Gasteiger partial charge on any atom is -0.384 e. The number of rotatable bonds is 7. The zero-order valence-corrected chi connectivity index (χ0v) is 21.7. The van der Waals surface area contributed by atoms with Crippen LogP contribution in [0.15, 0.2) is 59.5 Å². The van der Waals surface area contributed by atoms with Gasteiger partial charge in [0.2, 0.25) is 5.91 Å². The number of carbonyl (C=O) groups is 1. The van der Waals surface area contributed by atoms with Gasteiger partial charge in [-0.1, -0.05) is 42.0 Å². The summed E-state index contributed by atoms with van der Waals surface area (Å²) >= 11 is 0. The molecule has 7 nitrogen and oxygen atoms in total. The standard InChI is InChI=1S/C28H32N4O3S/c1-18-15-19(2)27(20(3)16-18)36(34,35)31-24-11-12-25-23(17-24)5-4-14-32(25)26(33)13-8-21-6-9-22(10-7-21)28(29)30/h6-7,9-12,15-17,31H,4-5,8,13-14H2,1-3H3,(H3,29,30). The third-order valence-electron chi connectivity index (χ3n) is 6.52. The van der Waals surface area contributed by atoms with Crippen molar-refractivity contribution in [3.63, 3.8) is 0 Å². The van der Waals surface area contributed by atoms with Gasteiger partial charge in [-0.25, -0.2) is 8.42 Å². The molecule has 0 saturated heterocycles. The molecule has 4 N–H and O–H groups in total. The van der Waals surface area contributed by atoms with Crippen LogP contribution in [0.5, 0.6) is 0 Å². The molecule has 0 aromatic heterocycles. The SMILES string of the molecule is Cc1cc(C)c(S(=O)(=O)Nc2ccc3c(c2)CCCN3C(=O)CCc2ccc(C(=N)N)cc2)c(C)c1. The fourth-order valence-electron chi connectivity index (χ4n) is 4.95. The lowest BCUT2D eigenvalue weighted by Crippen LogP contribution is -2.35. The van der Waals surface area contributed by atoms with Crippen molar-refractivity contribution >= 4 is 33.1 Å². The number of nitrogens with two attached hydrogens (primary N) is 1. The minimum atomic E-state index is -3.75. The van der Waals surface area contributed by atoms with Gasteiger partial charge in [0.25, 0.3) is 10.0 Å². The van der Waals surface area contributed by atoms with Crippen molar-refractivity contribution in [3.05, 3.63) is 88.0 Å². The molecule has 0 fully saturated rings. The van der Waals surface area contributed by atoms with E-state index < -0.39 is 10.0 Å². The Morgan fingerprint density at radius 1 is 1.03 bits per heavy atom. The highest BCUT2D eigenvalue weighted by Crippen LogP contribution is 2.32. The topological polar surface area (TPSA) is 116 Å². The summed E-state index contributed by atoms with van der Waals surface area (Å²) in [6.07, 6.45) is 2.55. The molecule has 0 atom stereocenters. The highest BCUT2D eigenvalue weighted by molar-refractivity contribution is 7.92. The zero-order valence-electron chi connectivity index (χ0n) is 20.9. The maximum Gasteiger partial charge on any atom is 0.262 e. The largest absolute Gasteiger partial charge is 0.384 e. The number of anilines is 2. The lowest BCUT2D eigenvalue weighted by Gasteiger charge is -2.30. The summed E-state index contributed by atoms with van der Waals surface area (Å²) in [6.45, 7) is 6.21. The first kappa shape index (κ1) is 25.4. The van der Waals surface area contributed by atoms with E-state index in [0.29, 0.717) is 46.7 Å². The lowest BCUT2D eigenvalue weighted by atomic mass is 10.00. The molecule has 8 heteroatoms. The maximum absolute atomic E-state index is 13.2. The third-order valence-corrected chi connectivity index (χ3v) is 8.20. The van der Waals surface area contributed by atoms with Crippen molar-refractivity contribution in [2.75, 3.05) is 16.2 Å². The van der Waals surface area contributed by atoms with Crippen LogP contribution in [0.3, 0.4) is 0 Å². The highest BCUT2D eigenvalue weighted by Gasteiger charge is 2.24. The van der Waals surface area contributed by atoms with E-state index in [1.165, 1.54) is 0 Å². The maximum atomic E-state index is 13.2. The quantitative estimate of drug-likeness (QED) is 0.322. The predicted octanol–water partition coefficient (Wildman–Crippen LogP) is 4.61. The Morgan fingerprint density at radius 2 is 1.69 bits per heavy atom. The number of sulfonamides is 1. The van der Waals surface area contributed by atoms with Gasteiger partial charge in [0, 0.05) is 29.9 Å². The molecule has 0 aliphatic carbocycles. The molecule has 1 aliphatic heterocycles. The van der Waals surface area contributed by atoms with Crippen molar-refractivity contribution in [2.45, 2.75) is 51.3 Å². The van der Waals surface area contributed by atoms with Crippen LogP contribution in [0.25, 0.3) is 0 Å². The Labute approximate surface area is 212 Å². The van der Waals surface area contributed by atoms with Gasteiger partial charge in [0.05, 0.1) is 4.90 Å². The molecule has 1 aliphatic rings. The molecule has 188 valence electrons. The van der Waals surface area contributed by atoms with E-state index in [9.17, 15) is 13.2 Å². The van der Waals surface area contributed by atoms with Crippen LogP contribution in [-0.2, 0) is 27.7 Å². The Bertz CT molecular complexity index is 1410. The van der Waals surface area contributed by atoms with Crippen LogP contribution < -0.4 is 15.4 Å².